The van der Waals surface area contributed by atoms with Crippen molar-refractivity contribution in [1.82, 2.24) is 0 Å². The molecular weight excluding hydrogens is 192 g/mol. The third kappa shape index (κ3) is 1.42. The second-order valence-corrected chi connectivity index (χ2v) is 3.94. The Morgan fingerprint density at radius 3 is 3.17 bits per heavy atom. The first-order valence-electron chi connectivity index (χ1n) is 3.51. The summed E-state index contributed by atoms with van der Waals surface area (Å²) in [7, 11) is 0. The monoisotopic (exact) mass is 198 g/mol. The van der Waals surface area contributed by atoms with Crippen LogP contribution in [-0.2, 0) is 5.75 Å². The van der Waals surface area contributed by atoms with Crippen LogP contribution in [0.25, 0.3) is 0 Å². The van der Waals surface area contributed by atoms with Gasteiger partial charge >= 0.3 is 0 Å². The van der Waals surface area contributed by atoms with Crippen LogP contribution in [0.2, 0.25) is 5.02 Å². The van der Waals surface area contributed by atoms with E-state index in [2.05, 4.69) is 4.99 Å². The van der Waals surface area contributed by atoms with Gasteiger partial charge in [-0.25, -0.2) is 4.99 Å². The second-order valence-electron chi connectivity index (χ2n) is 2.51. The van der Waals surface area contributed by atoms with Crippen molar-refractivity contribution in [3.8, 4) is 0 Å². The van der Waals surface area contributed by atoms with E-state index >= 15 is 0 Å². The van der Waals surface area contributed by atoms with E-state index in [4.69, 9.17) is 17.3 Å². The molecule has 0 unspecified atom stereocenters. The van der Waals surface area contributed by atoms with Crippen LogP contribution in [0.15, 0.2) is 23.2 Å². The molecule has 12 heavy (non-hydrogen) atoms. The van der Waals surface area contributed by atoms with E-state index in [0.29, 0.717) is 10.2 Å². The molecule has 2 N–H and O–H groups in total. The molecule has 2 nitrogen and oxygen atoms in total. The van der Waals surface area contributed by atoms with E-state index in [1.54, 1.807) is 11.8 Å². The molecule has 0 atom stereocenters. The highest BCUT2D eigenvalue weighted by Crippen LogP contribution is 2.31. The minimum atomic E-state index is 0.616. The molecule has 0 aliphatic carbocycles. The molecule has 1 aliphatic rings. The fourth-order valence-electron chi connectivity index (χ4n) is 1.07. The van der Waals surface area contributed by atoms with Crippen molar-refractivity contribution in [3.63, 3.8) is 0 Å². The third-order valence-corrected chi connectivity index (χ3v) is 2.73. The Morgan fingerprint density at radius 2 is 2.33 bits per heavy atom. The van der Waals surface area contributed by atoms with E-state index in [9.17, 15) is 0 Å². The van der Waals surface area contributed by atoms with Crippen LogP contribution in [0.3, 0.4) is 0 Å². The number of hydrogen-bond donors (Lipinski definition) is 1. The molecular formula is C8H7ClN2S. The summed E-state index contributed by atoms with van der Waals surface area (Å²) in [4.78, 5) is 4.18. The number of fused-ring (bicyclic) bond motifs is 1. The van der Waals surface area contributed by atoms with Crippen molar-refractivity contribution in [2.24, 2.45) is 10.7 Å². The summed E-state index contributed by atoms with van der Waals surface area (Å²) in [6.45, 7) is 0. The number of hydrogen-bond acceptors (Lipinski definition) is 3. The van der Waals surface area contributed by atoms with Gasteiger partial charge in [-0.3, -0.25) is 0 Å². The Hall–Kier alpha value is -0.670. The van der Waals surface area contributed by atoms with Gasteiger partial charge in [0.25, 0.3) is 0 Å². The number of nitrogens with two attached hydrogens (primary N) is 1. The Kier molecular flexibility index (Phi) is 1.98. The molecule has 62 valence electrons. The molecule has 0 radical (unpaired) electrons. The minimum Gasteiger partial charge on any atom is -0.378 e. The summed E-state index contributed by atoms with van der Waals surface area (Å²) in [5, 5.41) is 1.32. The highest BCUT2D eigenvalue weighted by atomic mass is 35.5. The molecule has 0 aromatic heterocycles. The predicted molar refractivity (Wildman–Crippen MR) is 54.0 cm³/mol. The van der Waals surface area contributed by atoms with Crippen molar-refractivity contribution in [2.45, 2.75) is 5.75 Å². The van der Waals surface area contributed by atoms with Crippen LogP contribution in [0.1, 0.15) is 5.56 Å². The number of halogens is 1. The van der Waals surface area contributed by atoms with Crippen LogP contribution >= 0.6 is 23.4 Å². The Bertz CT molecular complexity index is 349. The summed E-state index contributed by atoms with van der Waals surface area (Å²) >= 11 is 7.36. The molecule has 0 amide bonds. The van der Waals surface area contributed by atoms with Crippen molar-refractivity contribution < 1.29 is 0 Å². The van der Waals surface area contributed by atoms with Gasteiger partial charge < -0.3 is 5.73 Å². The van der Waals surface area contributed by atoms with Gasteiger partial charge in [0.1, 0.15) is 0 Å². The average molecular weight is 199 g/mol. The lowest BCUT2D eigenvalue weighted by Crippen LogP contribution is -2.09. The maximum absolute atomic E-state index is 5.81. The number of amidine groups is 1. The standard InChI is InChI=1S/C8H7ClN2S/c9-6-2-1-5-4-12-8(10)11-7(5)3-6/h1-3H,4H2,(H2,10,11). The van der Waals surface area contributed by atoms with E-state index in [1.165, 1.54) is 5.56 Å². The predicted octanol–water partition coefficient (Wildman–Crippen LogP) is 2.53. The van der Waals surface area contributed by atoms with Crippen LogP contribution in [0, 0.1) is 0 Å². The van der Waals surface area contributed by atoms with Crippen molar-refractivity contribution >= 4 is 34.2 Å². The Labute approximate surface area is 79.8 Å². The molecule has 1 heterocycles. The first kappa shape index (κ1) is 7.95. The summed E-state index contributed by atoms with van der Waals surface area (Å²) in [6, 6.07) is 5.70. The van der Waals surface area contributed by atoms with Crippen LogP contribution in [0.5, 0.6) is 0 Å². The van der Waals surface area contributed by atoms with Crippen LogP contribution in [0.4, 0.5) is 5.69 Å². The van der Waals surface area contributed by atoms with Gasteiger partial charge in [0, 0.05) is 10.8 Å². The summed E-state index contributed by atoms with van der Waals surface area (Å²) in [5.41, 5.74) is 7.66. The lowest BCUT2D eigenvalue weighted by molar-refractivity contribution is 1.34. The van der Waals surface area contributed by atoms with E-state index in [1.807, 2.05) is 18.2 Å². The number of thioether (sulfide) groups is 1. The lowest BCUT2D eigenvalue weighted by atomic mass is 10.2. The molecule has 0 spiro atoms. The van der Waals surface area contributed by atoms with Gasteiger partial charge in [-0.05, 0) is 17.7 Å². The summed E-state index contributed by atoms with van der Waals surface area (Å²) in [5.74, 6) is 0.891. The molecule has 1 aromatic rings. The largest absolute Gasteiger partial charge is 0.378 e. The van der Waals surface area contributed by atoms with Crippen molar-refractivity contribution in [1.29, 1.82) is 0 Å². The van der Waals surface area contributed by atoms with Crippen molar-refractivity contribution in [2.75, 3.05) is 0 Å². The van der Waals surface area contributed by atoms with Gasteiger partial charge in [-0.15, -0.1) is 0 Å². The van der Waals surface area contributed by atoms with Gasteiger partial charge in [-0.1, -0.05) is 29.4 Å². The molecule has 4 heteroatoms. The number of aliphatic imine (C=N–C) groups is 1. The van der Waals surface area contributed by atoms with Gasteiger partial charge in [0.2, 0.25) is 0 Å². The molecule has 0 fully saturated rings. The first-order chi connectivity index (χ1) is 5.75. The van der Waals surface area contributed by atoms with Gasteiger partial charge in [-0.2, -0.15) is 0 Å². The van der Waals surface area contributed by atoms with E-state index in [0.717, 1.165) is 11.4 Å². The summed E-state index contributed by atoms with van der Waals surface area (Å²) in [6.07, 6.45) is 0. The van der Waals surface area contributed by atoms with Gasteiger partial charge in [0.05, 0.1) is 5.69 Å². The zero-order chi connectivity index (χ0) is 8.55. The number of nitrogens with zero attached hydrogens (tertiary/aromatic N) is 1. The van der Waals surface area contributed by atoms with Crippen LogP contribution < -0.4 is 5.73 Å². The van der Waals surface area contributed by atoms with E-state index < -0.39 is 0 Å². The normalized spacial score (nSPS) is 15.2. The topological polar surface area (TPSA) is 38.4 Å². The quantitative estimate of drug-likeness (QED) is 0.696. The Morgan fingerprint density at radius 1 is 1.50 bits per heavy atom. The smallest absolute Gasteiger partial charge is 0.159 e. The number of rotatable bonds is 0. The molecule has 0 saturated heterocycles. The zero-order valence-electron chi connectivity index (χ0n) is 6.25. The molecule has 1 aliphatic heterocycles. The fraction of sp³-hybridized carbons (Fsp3) is 0.125. The molecule has 0 saturated carbocycles. The molecule has 0 bridgehead atoms. The second kappa shape index (κ2) is 2.99. The Balaban J connectivity index is 2.53. The maximum Gasteiger partial charge on any atom is 0.159 e. The molecule has 2 rings (SSSR count). The minimum absolute atomic E-state index is 0.616. The maximum atomic E-state index is 5.81. The highest BCUT2D eigenvalue weighted by molar-refractivity contribution is 8.13. The van der Waals surface area contributed by atoms with Crippen molar-refractivity contribution in [3.05, 3.63) is 28.8 Å². The lowest BCUT2D eigenvalue weighted by Gasteiger charge is -2.11. The molecule has 1 aromatic carbocycles. The van der Waals surface area contributed by atoms with E-state index in [-0.39, 0.29) is 0 Å². The SMILES string of the molecule is NC1=Nc2cc(Cl)ccc2CS1. The fourth-order valence-corrected chi connectivity index (χ4v) is 1.94. The third-order valence-electron chi connectivity index (χ3n) is 1.65. The first-order valence-corrected chi connectivity index (χ1v) is 4.87. The zero-order valence-corrected chi connectivity index (χ0v) is 7.82. The number of benzene rings is 1. The van der Waals surface area contributed by atoms with Gasteiger partial charge in [0.15, 0.2) is 5.17 Å². The summed E-state index contributed by atoms with van der Waals surface area (Å²) < 4.78 is 0. The highest BCUT2D eigenvalue weighted by Gasteiger charge is 2.09. The van der Waals surface area contributed by atoms with Crippen LogP contribution in [-0.4, -0.2) is 5.17 Å². The average Bonchev–Trinajstić information content (AvgIpc) is 2.03.